The van der Waals surface area contributed by atoms with Crippen LogP contribution in [0.15, 0.2) is 41.4 Å². The first-order chi connectivity index (χ1) is 14.0. The van der Waals surface area contributed by atoms with Crippen LogP contribution in [0.4, 0.5) is 0 Å². The van der Waals surface area contributed by atoms with E-state index in [0.29, 0.717) is 34.0 Å². The molecule has 0 bridgehead atoms. The number of benzene rings is 2. The molecule has 1 unspecified atom stereocenters. The summed E-state index contributed by atoms with van der Waals surface area (Å²) in [7, 11) is 1.58. The van der Waals surface area contributed by atoms with Crippen molar-refractivity contribution in [2.45, 2.75) is 26.4 Å². The maximum atomic E-state index is 8.91. The van der Waals surface area contributed by atoms with Gasteiger partial charge in [-0.3, -0.25) is 0 Å². The van der Waals surface area contributed by atoms with E-state index < -0.39 is 0 Å². The Labute approximate surface area is 181 Å². The van der Waals surface area contributed by atoms with E-state index >= 15 is 0 Å². The van der Waals surface area contributed by atoms with Crippen LogP contribution in [0.1, 0.15) is 31.0 Å². The van der Waals surface area contributed by atoms with Crippen molar-refractivity contribution < 1.29 is 14.6 Å². The molecular weight excluding hydrogens is 413 g/mol. The van der Waals surface area contributed by atoms with Gasteiger partial charge >= 0.3 is 0 Å². The number of hydrogen-bond donors (Lipinski definition) is 3. The van der Waals surface area contributed by atoms with Crippen molar-refractivity contribution in [1.29, 1.82) is 0 Å². The fourth-order valence-corrected chi connectivity index (χ4v) is 3.28. The Kier molecular flexibility index (Phi) is 9.38. The highest BCUT2D eigenvalue weighted by Crippen LogP contribution is 2.28. The summed E-state index contributed by atoms with van der Waals surface area (Å²) in [5.41, 5.74) is 1.90. The van der Waals surface area contributed by atoms with E-state index in [1.165, 1.54) is 0 Å². The van der Waals surface area contributed by atoms with E-state index in [2.05, 4.69) is 15.6 Å². The molecule has 3 N–H and O–H groups in total. The Morgan fingerprint density at radius 1 is 1.17 bits per heavy atom. The average molecular weight is 440 g/mol. The first kappa shape index (κ1) is 23.1. The van der Waals surface area contributed by atoms with E-state index in [4.69, 9.17) is 37.8 Å². The van der Waals surface area contributed by atoms with E-state index in [1.54, 1.807) is 13.2 Å². The van der Waals surface area contributed by atoms with Crippen molar-refractivity contribution in [1.82, 2.24) is 10.6 Å². The third kappa shape index (κ3) is 6.99. The zero-order valence-corrected chi connectivity index (χ0v) is 18.3. The van der Waals surface area contributed by atoms with Gasteiger partial charge < -0.3 is 25.2 Å². The molecule has 158 valence electrons. The maximum Gasteiger partial charge on any atom is 0.192 e. The molecule has 2 aromatic carbocycles. The van der Waals surface area contributed by atoms with Gasteiger partial charge in [-0.1, -0.05) is 35.3 Å². The van der Waals surface area contributed by atoms with Gasteiger partial charge in [-0.25, -0.2) is 4.99 Å². The molecule has 0 amide bonds. The van der Waals surface area contributed by atoms with Crippen LogP contribution >= 0.6 is 23.2 Å². The minimum atomic E-state index is -0.0543. The fourth-order valence-electron chi connectivity index (χ4n) is 2.71. The summed E-state index contributed by atoms with van der Waals surface area (Å²) in [5.74, 6) is 1.86. The van der Waals surface area contributed by atoms with Crippen LogP contribution < -0.4 is 20.1 Å². The van der Waals surface area contributed by atoms with Gasteiger partial charge in [0.1, 0.15) is 6.61 Å². The molecule has 2 rings (SSSR count). The number of ether oxygens (including phenoxy) is 2. The number of methoxy groups -OCH3 is 1. The fraction of sp³-hybridized carbons (Fsp3) is 0.381. The van der Waals surface area contributed by atoms with Crippen molar-refractivity contribution in [3.8, 4) is 11.5 Å². The summed E-state index contributed by atoms with van der Waals surface area (Å²) in [4.78, 5) is 4.65. The Morgan fingerprint density at radius 3 is 2.62 bits per heavy atom. The van der Waals surface area contributed by atoms with Gasteiger partial charge in [-0.15, -0.1) is 0 Å². The third-order valence-electron chi connectivity index (χ3n) is 4.12. The molecule has 0 aliphatic rings. The third-order valence-corrected chi connectivity index (χ3v) is 4.69. The van der Waals surface area contributed by atoms with Crippen molar-refractivity contribution in [3.05, 3.63) is 57.6 Å². The first-order valence-corrected chi connectivity index (χ1v) is 10.1. The van der Waals surface area contributed by atoms with Gasteiger partial charge in [-0.05, 0) is 49.2 Å². The van der Waals surface area contributed by atoms with Gasteiger partial charge in [0.15, 0.2) is 17.5 Å². The zero-order chi connectivity index (χ0) is 21.2. The van der Waals surface area contributed by atoms with E-state index in [0.717, 1.165) is 17.7 Å². The van der Waals surface area contributed by atoms with Gasteiger partial charge in [0, 0.05) is 16.6 Å². The van der Waals surface area contributed by atoms with E-state index in [9.17, 15) is 0 Å². The summed E-state index contributed by atoms with van der Waals surface area (Å²) >= 11 is 12.3. The molecule has 0 fully saturated rings. The summed E-state index contributed by atoms with van der Waals surface area (Å²) in [6.45, 7) is 5.36. The van der Waals surface area contributed by atoms with Crippen molar-refractivity contribution >= 4 is 29.2 Å². The Morgan fingerprint density at radius 2 is 1.97 bits per heavy atom. The first-order valence-electron chi connectivity index (χ1n) is 9.38. The summed E-state index contributed by atoms with van der Waals surface area (Å²) in [5, 5.41) is 16.7. The number of aliphatic hydroxyl groups excluding tert-OH is 1. The van der Waals surface area contributed by atoms with Crippen LogP contribution in [0.3, 0.4) is 0 Å². The average Bonchev–Trinajstić information content (AvgIpc) is 2.70. The number of halogens is 2. The van der Waals surface area contributed by atoms with Crippen LogP contribution in [0.25, 0.3) is 0 Å². The summed E-state index contributed by atoms with van der Waals surface area (Å²) < 4.78 is 10.8. The van der Waals surface area contributed by atoms with Crippen molar-refractivity contribution in [2.24, 2.45) is 4.99 Å². The number of aliphatic hydroxyl groups is 1. The van der Waals surface area contributed by atoms with E-state index in [1.807, 2.05) is 44.2 Å². The summed E-state index contributed by atoms with van der Waals surface area (Å²) in [6, 6.07) is 11.0. The minimum Gasteiger partial charge on any atom is -0.493 e. The number of aliphatic imine (C=N–C) groups is 1. The minimum absolute atomic E-state index is 0.0528. The molecule has 0 radical (unpaired) electrons. The quantitative estimate of drug-likeness (QED) is 0.403. The lowest BCUT2D eigenvalue weighted by atomic mass is 10.1. The molecule has 0 saturated carbocycles. The molecule has 0 aliphatic carbocycles. The van der Waals surface area contributed by atoms with E-state index in [-0.39, 0.29) is 19.3 Å². The second kappa shape index (κ2) is 11.8. The monoisotopic (exact) mass is 439 g/mol. The topological polar surface area (TPSA) is 75.1 Å². The highest BCUT2D eigenvalue weighted by molar-refractivity contribution is 6.35. The van der Waals surface area contributed by atoms with Crippen LogP contribution in [-0.2, 0) is 6.54 Å². The van der Waals surface area contributed by atoms with Crippen LogP contribution in [0, 0.1) is 0 Å². The lowest BCUT2D eigenvalue weighted by Gasteiger charge is -2.19. The van der Waals surface area contributed by atoms with Crippen molar-refractivity contribution in [2.75, 3.05) is 26.9 Å². The smallest absolute Gasteiger partial charge is 0.192 e. The number of rotatable bonds is 9. The molecule has 8 heteroatoms. The largest absolute Gasteiger partial charge is 0.493 e. The molecule has 29 heavy (non-hydrogen) atoms. The van der Waals surface area contributed by atoms with Crippen LogP contribution in [-0.4, -0.2) is 37.9 Å². The van der Waals surface area contributed by atoms with Gasteiger partial charge in [-0.2, -0.15) is 0 Å². The predicted molar refractivity (Wildman–Crippen MR) is 118 cm³/mol. The Bertz CT molecular complexity index is 831. The molecular formula is C21H27Cl2N3O3. The second-order valence-corrected chi connectivity index (χ2v) is 7.13. The lowest BCUT2D eigenvalue weighted by Crippen LogP contribution is -2.38. The number of nitrogens with one attached hydrogen (secondary N) is 2. The number of hydrogen-bond acceptors (Lipinski definition) is 4. The molecule has 0 heterocycles. The maximum absolute atomic E-state index is 8.91. The number of guanidine groups is 1. The SMILES string of the molecule is CCNC(=NCc1ccc(OCCO)c(OC)c1)NC(C)c1ccc(Cl)cc1Cl. The standard InChI is InChI=1S/C21H27Cl2N3O3/c1-4-24-21(26-14(2)17-7-6-16(22)12-18(17)23)25-13-15-5-8-19(29-10-9-27)20(11-15)28-3/h5-8,11-12,14,27H,4,9-10,13H2,1-3H3,(H2,24,25,26). The van der Waals surface area contributed by atoms with Crippen molar-refractivity contribution in [3.63, 3.8) is 0 Å². The molecule has 0 spiro atoms. The highest BCUT2D eigenvalue weighted by atomic mass is 35.5. The van der Waals surface area contributed by atoms with Crippen LogP contribution in [0.5, 0.6) is 11.5 Å². The zero-order valence-electron chi connectivity index (χ0n) is 16.8. The molecule has 0 aromatic heterocycles. The summed E-state index contributed by atoms with van der Waals surface area (Å²) in [6.07, 6.45) is 0. The molecule has 1 atom stereocenters. The second-order valence-electron chi connectivity index (χ2n) is 6.28. The molecule has 2 aromatic rings. The van der Waals surface area contributed by atoms with Gasteiger partial charge in [0.25, 0.3) is 0 Å². The van der Waals surface area contributed by atoms with Crippen LogP contribution in [0.2, 0.25) is 10.0 Å². The molecule has 6 nitrogen and oxygen atoms in total. The Hall–Kier alpha value is -2.15. The Balaban J connectivity index is 2.12. The lowest BCUT2D eigenvalue weighted by molar-refractivity contribution is 0.196. The highest BCUT2D eigenvalue weighted by Gasteiger charge is 2.12. The number of nitrogens with zero attached hydrogens (tertiary/aromatic N) is 1. The van der Waals surface area contributed by atoms with Gasteiger partial charge in [0.2, 0.25) is 0 Å². The van der Waals surface area contributed by atoms with Gasteiger partial charge in [0.05, 0.1) is 26.3 Å². The molecule has 0 saturated heterocycles. The normalized spacial score (nSPS) is 12.4. The molecule has 0 aliphatic heterocycles. The predicted octanol–water partition coefficient (Wildman–Crippen LogP) is 4.19.